The SMILES string of the molecule is CC1=[N+](CCOCC=C=O)c2ccccc2C1(C)C. The van der Waals surface area contributed by atoms with Crippen LogP contribution in [-0.4, -0.2) is 36.0 Å². The molecule has 0 fully saturated rings. The van der Waals surface area contributed by atoms with Crippen LogP contribution in [0.5, 0.6) is 0 Å². The fourth-order valence-electron chi connectivity index (χ4n) is 2.57. The van der Waals surface area contributed by atoms with Crippen LogP contribution in [0.25, 0.3) is 0 Å². The third kappa shape index (κ3) is 2.53. The highest BCUT2D eigenvalue weighted by Gasteiger charge is 2.42. The van der Waals surface area contributed by atoms with E-state index in [0.717, 1.165) is 6.54 Å². The van der Waals surface area contributed by atoms with Gasteiger partial charge in [0.25, 0.3) is 0 Å². The van der Waals surface area contributed by atoms with E-state index in [9.17, 15) is 4.79 Å². The minimum absolute atomic E-state index is 0.0687. The van der Waals surface area contributed by atoms with Gasteiger partial charge in [0, 0.05) is 24.6 Å². The molecule has 1 aromatic rings. The van der Waals surface area contributed by atoms with Crippen molar-refractivity contribution >= 4 is 17.3 Å². The zero-order valence-electron chi connectivity index (χ0n) is 11.8. The molecule has 3 nitrogen and oxygen atoms in total. The summed E-state index contributed by atoms with van der Waals surface area (Å²) in [5.74, 6) is 1.71. The van der Waals surface area contributed by atoms with Gasteiger partial charge in [-0.3, -0.25) is 0 Å². The summed E-state index contributed by atoms with van der Waals surface area (Å²) in [7, 11) is 0. The first-order valence-corrected chi connectivity index (χ1v) is 6.57. The predicted octanol–water partition coefficient (Wildman–Crippen LogP) is 2.49. The second-order valence-electron chi connectivity index (χ2n) is 5.28. The van der Waals surface area contributed by atoms with Crippen LogP contribution in [0.4, 0.5) is 5.69 Å². The largest absolute Gasteiger partial charge is 0.370 e. The van der Waals surface area contributed by atoms with Crippen LogP contribution in [0.1, 0.15) is 26.3 Å². The van der Waals surface area contributed by atoms with Gasteiger partial charge in [0.15, 0.2) is 12.3 Å². The molecule has 0 spiro atoms. The van der Waals surface area contributed by atoms with Crippen molar-refractivity contribution in [2.45, 2.75) is 26.2 Å². The molecule has 1 aliphatic rings. The lowest BCUT2D eigenvalue weighted by molar-refractivity contribution is -0.443. The van der Waals surface area contributed by atoms with E-state index in [4.69, 9.17) is 4.74 Å². The Morgan fingerprint density at radius 3 is 2.84 bits per heavy atom. The van der Waals surface area contributed by atoms with E-state index in [0.29, 0.717) is 13.2 Å². The molecule has 0 N–H and O–H groups in total. The summed E-state index contributed by atoms with van der Waals surface area (Å²) in [4.78, 5) is 10.0. The van der Waals surface area contributed by atoms with Gasteiger partial charge < -0.3 is 4.74 Å². The monoisotopic (exact) mass is 258 g/mol. The molecule has 19 heavy (non-hydrogen) atoms. The first kappa shape index (κ1) is 13.7. The Bertz CT molecular complexity index is 552. The molecule has 0 atom stereocenters. The molecule has 0 bridgehead atoms. The molecule has 0 aliphatic carbocycles. The maximum Gasteiger partial charge on any atom is 0.209 e. The summed E-state index contributed by atoms with van der Waals surface area (Å²) in [5, 5.41) is 0. The van der Waals surface area contributed by atoms with Crippen LogP contribution >= 0.6 is 0 Å². The molecule has 0 saturated heterocycles. The Balaban J connectivity index is 2.15. The first-order valence-electron chi connectivity index (χ1n) is 6.57. The van der Waals surface area contributed by atoms with Crippen LogP contribution in [0, 0.1) is 0 Å². The third-order valence-corrected chi connectivity index (χ3v) is 3.92. The molecule has 0 radical (unpaired) electrons. The van der Waals surface area contributed by atoms with Crippen LogP contribution < -0.4 is 0 Å². The van der Waals surface area contributed by atoms with Gasteiger partial charge in [0.1, 0.15) is 12.5 Å². The number of fused-ring (bicyclic) bond motifs is 1. The summed E-state index contributed by atoms with van der Waals surface area (Å²) in [6.07, 6.45) is 1.36. The van der Waals surface area contributed by atoms with Crippen LogP contribution in [0.3, 0.4) is 0 Å². The molecule has 0 aromatic heterocycles. The van der Waals surface area contributed by atoms with E-state index in [1.807, 2.05) is 0 Å². The fourth-order valence-corrected chi connectivity index (χ4v) is 2.57. The van der Waals surface area contributed by atoms with Gasteiger partial charge in [-0.1, -0.05) is 18.2 Å². The van der Waals surface area contributed by atoms with Crippen LogP contribution in [0.15, 0.2) is 30.3 Å². The standard InChI is InChI=1S/C16H20NO2/c1-13-16(2,3)14-7-4-5-8-15(14)17(13)9-12-19-11-6-10-18/h4-8H,9,11-12H2,1-3H3/q+1. The first-order chi connectivity index (χ1) is 9.09. The number of ether oxygens (including phenoxy) is 1. The molecule has 1 heterocycles. The van der Waals surface area contributed by atoms with Crippen LogP contribution in [-0.2, 0) is 14.9 Å². The predicted molar refractivity (Wildman–Crippen MR) is 76.0 cm³/mol. The maximum absolute atomic E-state index is 10.0. The van der Waals surface area contributed by atoms with Crippen molar-refractivity contribution in [3.05, 3.63) is 35.9 Å². The maximum atomic E-state index is 10.0. The number of para-hydroxylation sites is 1. The van der Waals surface area contributed by atoms with Crippen molar-refractivity contribution < 1.29 is 14.1 Å². The van der Waals surface area contributed by atoms with Gasteiger partial charge in [-0.2, -0.15) is 4.58 Å². The van der Waals surface area contributed by atoms with Crippen LogP contribution in [0.2, 0.25) is 0 Å². The number of rotatable bonds is 5. The van der Waals surface area contributed by atoms with Crippen molar-refractivity contribution in [2.75, 3.05) is 19.8 Å². The van der Waals surface area contributed by atoms with Crippen molar-refractivity contribution in [1.82, 2.24) is 0 Å². The summed E-state index contributed by atoms with van der Waals surface area (Å²) < 4.78 is 7.70. The lowest BCUT2D eigenvalue weighted by atomic mass is 9.82. The normalized spacial score (nSPS) is 16.2. The van der Waals surface area contributed by atoms with Gasteiger partial charge in [-0.05, 0) is 13.8 Å². The lowest BCUT2D eigenvalue weighted by Gasteiger charge is -2.14. The molecule has 0 saturated carbocycles. The molecular formula is C16H20NO2+. The second-order valence-corrected chi connectivity index (χ2v) is 5.28. The molecule has 0 unspecified atom stereocenters. The summed E-state index contributed by atoms with van der Waals surface area (Å²) in [6, 6.07) is 8.49. The van der Waals surface area contributed by atoms with Crippen molar-refractivity contribution in [3.8, 4) is 0 Å². The Morgan fingerprint density at radius 1 is 1.37 bits per heavy atom. The van der Waals surface area contributed by atoms with E-state index in [2.05, 4.69) is 49.6 Å². The Kier molecular flexibility index (Phi) is 3.98. The highest BCUT2D eigenvalue weighted by atomic mass is 16.5. The Labute approximate surface area is 114 Å². The molecule has 2 rings (SSSR count). The summed E-state index contributed by atoms with van der Waals surface area (Å²) >= 11 is 0. The number of benzene rings is 1. The van der Waals surface area contributed by atoms with E-state index < -0.39 is 0 Å². The smallest absolute Gasteiger partial charge is 0.209 e. The number of nitrogens with zero attached hydrogens (tertiary/aromatic N) is 1. The topological polar surface area (TPSA) is 29.3 Å². The third-order valence-electron chi connectivity index (χ3n) is 3.92. The average Bonchev–Trinajstić information content (AvgIpc) is 2.60. The van der Waals surface area contributed by atoms with E-state index >= 15 is 0 Å². The zero-order valence-corrected chi connectivity index (χ0v) is 11.8. The molecule has 3 heteroatoms. The number of hydrogen-bond donors (Lipinski definition) is 0. The number of hydrogen-bond acceptors (Lipinski definition) is 2. The molecule has 1 aliphatic heterocycles. The molecule has 0 amide bonds. The Hall–Kier alpha value is -1.70. The van der Waals surface area contributed by atoms with Gasteiger partial charge in [0.05, 0.1) is 12.0 Å². The highest BCUT2D eigenvalue weighted by Crippen LogP contribution is 2.38. The van der Waals surface area contributed by atoms with Gasteiger partial charge >= 0.3 is 0 Å². The minimum atomic E-state index is 0.0687. The quantitative estimate of drug-likeness (QED) is 0.461. The van der Waals surface area contributed by atoms with Crippen molar-refractivity contribution in [1.29, 1.82) is 0 Å². The van der Waals surface area contributed by atoms with E-state index in [1.54, 1.807) is 5.94 Å². The number of carbonyl (C=O) groups excluding carboxylic acids is 1. The van der Waals surface area contributed by atoms with Crippen molar-refractivity contribution in [3.63, 3.8) is 0 Å². The Morgan fingerprint density at radius 2 is 2.11 bits per heavy atom. The molecule has 100 valence electrons. The molecule has 1 aromatic carbocycles. The lowest BCUT2D eigenvalue weighted by Crippen LogP contribution is -2.27. The van der Waals surface area contributed by atoms with Gasteiger partial charge in [-0.15, -0.1) is 0 Å². The van der Waals surface area contributed by atoms with Gasteiger partial charge in [0.2, 0.25) is 5.69 Å². The molecular weight excluding hydrogens is 238 g/mol. The summed E-state index contributed by atoms with van der Waals surface area (Å²) in [6.45, 7) is 8.40. The van der Waals surface area contributed by atoms with E-state index in [1.165, 1.54) is 23.0 Å². The minimum Gasteiger partial charge on any atom is -0.370 e. The average molecular weight is 258 g/mol. The highest BCUT2D eigenvalue weighted by molar-refractivity contribution is 5.93. The van der Waals surface area contributed by atoms with E-state index in [-0.39, 0.29) is 5.41 Å². The second kappa shape index (κ2) is 5.52. The fraction of sp³-hybridized carbons (Fsp3) is 0.438. The zero-order chi connectivity index (χ0) is 13.9. The van der Waals surface area contributed by atoms with Crippen molar-refractivity contribution in [2.24, 2.45) is 0 Å². The summed E-state index contributed by atoms with van der Waals surface area (Å²) in [5.41, 5.74) is 4.03. The van der Waals surface area contributed by atoms with Gasteiger partial charge in [-0.25, -0.2) is 4.79 Å².